The van der Waals surface area contributed by atoms with E-state index in [1.54, 1.807) is 0 Å². The van der Waals surface area contributed by atoms with Crippen molar-refractivity contribution in [3.8, 4) is 11.5 Å². The summed E-state index contributed by atoms with van der Waals surface area (Å²) in [6.07, 6.45) is 1.37. The molecule has 1 aliphatic heterocycles. The third kappa shape index (κ3) is 3.88. The van der Waals surface area contributed by atoms with E-state index in [2.05, 4.69) is 4.74 Å². The van der Waals surface area contributed by atoms with E-state index in [0.29, 0.717) is 0 Å². The molecular formula is C14H12N2O7S2. The molecule has 0 radical (unpaired) electrons. The number of hydrogen-bond donors (Lipinski definition) is 1. The van der Waals surface area contributed by atoms with Gasteiger partial charge in [0.15, 0.2) is 5.75 Å². The molecule has 0 atom stereocenters. The first-order valence-electron chi connectivity index (χ1n) is 6.66. The highest BCUT2D eigenvalue weighted by Crippen LogP contribution is 2.39. The first-order chi connectivity index (χ1) is 11.8. The van der Waals surface area contributed by atoms with Gasteiger partial charge in [-0.15, -0.1) is 0 Å². The molecule has 1 amide bonds. The number of nitrogens with zero attached hydrogens (tertiary/aromatic N) is 2. The van der Waals surface area contributed by atoms with Crippen molar-refractivity contribution in [1.29, 1.82) is 0 Å². The normalized spacial score (nSPS) is 15.6. The lowest BCUT2D eigenvalue weighted by Gasteiger charge is -2.11. The molecule has 1 fully saturated rings. The van der Waals surface area contributed by atoms with Gasteiger partial charge in [-0.2, -0.15) is 0 Å². The Morgan fingerprint density at radius 1 is 1.48 bits per heavy atom. The van der Waals surface area contributed by atoms with Crippen LogP contribution >= 0.6 is 24.0 Å². The maximum Gasteiger partial charge on any atom is 0.325 e. The van der Waals surface area contributed by atoms with Crippen LogP contribution in [-0.4, -0.2) is 51.9 Å². The van der Waals surface area contributed by atoms with Crippen molar-refractivity contribution in [2.45, 2.75) is 0 Å². The van der Waals surface area contributed by atoms with E-state index in [0.717, 1.165) is 22.7 Å². The fraction of sp³-hybridized carbons (Fsp3) is 0.214. The molecule has 1 heterocycles. The summed E-state index contributed by atoms with van der Waals surface area (Å²) < 4.78 is 9.58. The lowest BCUT2D eigenvalue weighted by atomic mass is 10.1. The molecule has 0 aromatic heterocycles. The maximum atomic E-state index is 12.3. The van der Waals surface area contributed by atoms with Gasteiger partial charge in [-0.3, -0.25) is 24.6 Å². The van der Waals surface area contributed by atoms with Gasteiger partial charge in [0.2, 0.25) is 5.75 Å². The van der Waals surface area contributed by atoms with Crippen LogP contribution in [0, 0.1) is 10.1 Å². The summed E-state index contributed by atoms with van der Waals surface area (Å²) in [6.45, 7) is -0.322. The number of carbonyl (C=O) groups is 2. The molecule has 1 aromatic carbocycles. The number of benzene rings is 1. The van der Waals surface area contributed by atoms with Crippen LogP contribution in [0.1, 0.15) is 5.56 Å². The Kier molecular flexibility index (Phi) is 5.59. The van der Waals surface area contributed by atoms with Crippen molar-refractivity contribution >= 4 is 51.9 Å². The minimum absolute atomic E-state index is 0.106. The van der Waals surface area contributed by atoms with Crippen LogP contribution in [0.15, 0.2) is 17.0 Å². The number of rotatable bonds is 5. The first-order valence-corrected chi connectivity index (χ1v) is 7.88. The van der Waals surface area contributed by atoms with E-state index in [1.165, 1.54) is 26.4 Å². The molecule has 25 heavy (non-hydrogen) atoms. The number of ether oxygens (including phenoxy) is 2. The second kappa shape index (κ2) is 7.49. The lowest BCUT2D eigenvalue weighted by Crippen LogP contribution is -2.33. The largest absolute Gasteiger partial charge is 0.500 e. The predicted octanol–water partition coefficient (Wildman–Crippen LogP) is 1.68. The topological polar surface area (TPSA) is 119 Å². The smallest absolute Gasteiger partial charge is 0.325 e. The molecule has 1 saturated heterocycles. The standard InChI is InChI=1S/C14H12N2O7S2/c1-22-9-4-7(3-8(12(9)18)16(20)21)5-10-13(19)15(14(24)25-10)6-11(17)23-2/h3-5,18H,6H2,1-2H3/b10-5-. The first kappa shape index (κ1) is 18.7. The molecular weight excluding hydrogens is 372 g/mol. The summed E-state index contributed by atoms with van der Waals surface area (Å²) in [6, 6.07) is 2.44. The van der Waals surface area contributed by atoms with E-state index < -0.39 is 28.2 Å². The average Bonchev–Trinajstić information content (AvgIpc) is 2.83. The van der Waals surface area contributed by atoms with Gasteiger partial charge < -0.3 is 14.6 Å². The highest BCUT2D eigenvalue weighted by Gasteiger charge is 2.34. The minimum Gasteiger partial charge on any atom is -0.500 e. The number of phenolic OH excluding ortho intramolecular Hbond substituents is 1. The number of esters is 1. The maximum absolute atomic E-state index is 12.3. The number of amides is 1. The second-order valence-electron chi connectivity index (χ2n) is 4.69. The number of nitro groups is 1. The SMILES string of the molecule is COC(=O)CN1C(=O)/C(=C/c2cc(OC)c(O)c([N+](=O)[O-])c2)SC1=S. The van der Waals surface area contributed by atoms with E-state index in [-0.39, 0.29) is 27.1 Å². The van der Waals surface area contributed by atoms with Crippen molar-refractivity contribution in [2.75, 3.05) is 20.8 Å². The Morgan fingerprint density at radius 3 is 2.72 bits per heavy atom. The number of hydrogen-bond acceptors (Lipinski definition) is 9. The van der Waals surface area contributed by atoms with Gasteiger partial charge >= 0.3 is 11.7 Å². The Labute approximate surface area is 151 Å². The van der Waals surface area contributed by atoms with Gasteiger partial charge in [-0.05, 0) is 17.7 Å². The molecule has 0 unspecified atom stereocenters. The average molecular weight is 384 g/mol. The molecule has 1 aliphatic rings. The van der Waals surface area contributed by atoms with Gasteiger partial charge in [-0.25, -0.2) is 0 Å². The van der Waals surface area contributed by atoms with Gasteiger partial charge in [-0.1, -0.05) is 24.0 Å². The van der Waals surface area contributed by atoms with Crippen LogP contribution in [0.25, 0.3) is 6.08 Å². The van der Waals surface area contributed by atoms with Crippen LogP contribution in [0.3, 0.4) is 0 Å². The number of methoxy groups -OCH3 is 2. The molecule has 0 saturated carbocycles. The summed E-state index contributed by atoms with van der Waals surface area (Å²) >= 11 is 6.01. The summed E-state index contributed by atoms with van der Waals surface area (Å²) in [7, 11) is 2.44. The van der Waals surface area contributed by atoms with Crippen molar-refractivity contribution in [2.24, 2.45) is 0 Å². The highest BCUT2D eigenvalue weighted by molar-refractivity contribution is 8.26. The van der Waals surface area contributed by atoms with Crippen molar-refractivity contribution in [3.05, 3.63) is 32.7 Å². The summed E-state index contributed by atoms with van der Waals surface area (Å²) in [5.74, 6) is -1.86. The molecule has 0 spiro atoms. The molecule has 2 rings (SSSR count). The zero-order valence-electron chi connectivity index (χ0n) is 13.0. The van der Waals surface area contributed by atoms with E-state index in [4.69, 9.17) is 17.0 Å². The van der Waals surface area contributed by atoms with E-state index in [1.807, 2.05) is 0 Å². The molecule has 11 heteroatoms. The Hall–Kier alpha value is -2.66. The van der Waals surface area contributed by atoms with Crippen LogP contribution in [-0.2, 0) is 14.3 Å². The zero-order chi connectivity index (χ0) is 18.7. The fourth-order valence-corrected chi connectivity index (χ4v) is 3.23. The number of carbonyl (C=O) groups excluding carboxylic acids is 2. The quantitative estimate of drug-likeness (QED) is 0.266. The van der Waals surface area contributed by atoms with Crippen molar-refractivity contribution in [1.82, 2.24) is 4.90 Å². The summed E-state index contributed by atoms with van der Waals surface area (Å²) in [5.41, 5.74) is -0.296. The second-order valence-corrected chi connectivity index (χ2v) is 6.37. The number of thiocarbonyl (C=S) groups is 1. The number of thioether (sulfide) groups is 1. The zero-order valence-corrected chi connectivity index (χ0v) is 14.7. The number of aromatic hydroxyl groups is 1. The molecule has 132 valence electrons. The third-order valence-electron chi connectivity index (χ3n) is 3.18. The van der Waals surface area contributed by atoms with Crippen LogP contribution in [0.5, 0.6) is 11.5 Å². The molecule has 1 N–H and O–H groups in total. The van der Waals surface area contributed by atoms with Crippen LogP contribution in [0.4, 0.5) is 5.69 Å². The molecule has 0 bridgehead atoms. The van der Waals surface area contributed by atoms with E-state index >= 15 is 0 Å². The van der Waals surface area contributed by atoms with Gasteiger partial charge in [0.25, 0.3) is 5.91 Å². The lowest BCUT2D eigenvalue weighted by molar-refractivity contribution is -0.386. The number of phenols is 1. The third-order valence-corrected chi connectivity index (χ3v) is 4.56. The molecule has 1 aromatic rings. The van der Waals surface area contributed by atoms with E-state index in [9.17, 15) is 24.8 Å². The number of nitro benzene ring substituents is 1. The molecule has 9 nitrogen and oxygen atoms in total. The summed E-state index contributed by atoms with van der Waals surface area (Å²) in [4.78, 5) is 35.2. The van der Waals surface area contributed by atoms with Gasteiger partial charge in [0.1, 0.15) is 10.9 Å². The Balaban J connectivity index is 2.39. The fourth-order valence-electron chi connectivity index (χ4n) is 1.97. The molecule has 0 aliphatic carbocycles. The highest BCUT2D eigenvalue weighted by atomic mass is 32.2. The van der Waals surface area contributed by atoms with Gasteiger partial charge in [0, 0.05) is 6.07 Å². The van der Waals surface area contributed by atoms with Crippen molar-refractivity contribution < 1.29 is 29.1 Å². The Bertz CT molecular complexity index is 807. The van der Waals surface area contributed by atoms with Crippen LogP contribution in [0.2, 0.25) is 0 Å². The van der Waals surface area contributed by atoms with Crippen molar-refractivity contribution in [3.63, 3.8) is 0 Å². The van der Waals surface area contributed by atoms with Crippen LogP contribution < -0.4 is 4.74 Å². The Morgan fingerprint density at radius 2 is 2.16 bits per heavy atom. The van der Waals surface area contributed by atoms with Gasteiger partial charge in [0.05, 0.1) is 24.0 Å². The predicted molar refractivity (Wildman–Crippen MR) is 93.2 cm³/mol. The summed E-state index contributed by atoms with van der Waals surface area (Å²) in [5, 5.41) is 20.8. The monoisotopic (exact) mass is 384 g/mol. The minimum atomic E-state index is -0.766.